The van der Waals surface area contributed by atoms with Gasteiger partial charge in [0.1, 0.15) is 22.3 Å². The minimum Gasteiger partial charge on any atom is -0.456 e. The Morgan fingerprint density at radius 3 is 1.23 bits per heavy atom. The van der Waals surface area contributed by atoms with Crippen molar-refractivity contribution in [2.45, 2.75) is 47.5 Å². The number of hydrogen-bond acceptors (Lipinski definition) is 4. The topological polar surface area (TPSA) is 32.8 Å². The molecule has 11 aromatic rings. The molecule has 0 spiro atoms. The van der Waals surface area contributed by atoms with E-state index in [1.54, 1.807) is 0 Å². The van der Waals surface area contributed by atoms with Gasteiger partial charge in [-0.05, 0) is 181 Å². The monoisotopic (exact) mass is 790 g/mol. The van der Waals surface area contributed by atoms with Gasteiger partial charge in [0.25, 0.3) is 0 Å². The Hall–Kier alpha value is -7.30. The maximum atomic E-state index is 6.95. The lowest BCUT2D eigenvalue weighted by Gasteiger charge is -2.26. The van der Waals surface area contributed by atoms with Crippen molar-refractivity contribution in [1.82, 2.24) is 0 Å². The van der Waals surface area contributed by atoms with E-state index in [9.17, 15) is 0 Å². The first-order chi connectivity index (χ1) is 29.6. The van der Waals surface area contributed by atoms with E-state index in [-0.39, 0.29) is 5.92 Å². The molecule has 0 aliphatic rings. The summed E-state index contributed by atoms with van der Waals surface area (Å²) in [5, 5.41) is 9.00. The third-order valence-electron chi connectivity index (χ3n) is 12.2. The van der Waals surface area contributed by atoms with Crippen molar-refractivity contribution in [3.63, 3.8) is 0 Å². The lowest BCUT2D eigenvalue weighted by atomic mass is 9.93. The van der Waals surface area contributed by atoms with E-state index in [0.29, 0.717) is 0 Å². The first-order valence-corrected chi connectivity index (χ1v) is 21.2. The predicted molar refractivity (Wildman–Crippen MR) is 258 cm³/mol. The average Bonchev–Trinajstić information content (AvgIpc) is 3.77. The quantitative estimate of drug-likeness (QED) is 0.161. The van der Waals surface area contributed by atoms with Gasteiger partial charge in [-0.15, -0.1) is 0 Å². The largest absolute Gasteiger partial charge is 0.456 e. The lowest BCUT2D eigenvalue weighted by molar-refractivity contribution is 0.655. The Morgan fingerprint density at radius 1 is 0.361 bits per heavy atom. The minimum absolute atomic E-state index is 0.195. The van der Waals surface area contributed by atoms with Crippen LogP contribution >= 0.6 is 0 Å². The van der Waals surface area contributed by atoms with Crippen LogP contribution in [0.3, 0.4) is 0 Å². The molecule has 4 nitrogen and oxygen atoms in total. The van der Waals surface area contributed by atoms with Gasteiger partial charge in [0.05, 0.1) is 0 Å². The van der Waals surface area contributed by atoms with Crippen LogP contribution < -0.4 is 9.80 Å². The molecule has 0 radical (unpaired) electrons. The summed E-state index contributed by atoms with van der Waals surface area (Å²) in [6.07, 6.45) is 0. The molecule has 0 amide bonds. The molecule has 2 heterocycles. The summed E-state index contributed by atoms with van der Waals surface area (Å²) in [7, 11) is 0. The van der Waals surface area contributed by atoms with E-state index >= 15 is 0 Å². The van der Waals surface area contributed by atoms with Gasteiger partial charge in [0.15, 0.2) is 0 Å². The molecule has 0 aliphatic heterocycles. The number of hydrogen-bond donors (Lipinski definition) is 0. The Bertz CT molecular complexity index is 3330. The van der Waals surface area contributed by atoms with Gasteiger partial charge in [-0.2, -0.15) is 0 Å². The van der Waals surface area contributed by atoms with Crippen LogP contribution in [0.5, 0.6) is 0 Å². The van der Waals surface area contributed by atoms with Crippen molar-refractivity contribution in [3.8, 4) is 0 Å². The molecule has 4 heteroatoms. The molecule has 61 heavy (non-hydrogen) atoms. The maximum Gasteiger partial charge on any atom is 0.139 e. The lowest BCUT2D eigenvalue weighted by Crippen LogP contribution is -2.10. The molecule has 9 aromatic carbocycles. The van der Waals surface area contributed by atoms with Crippen LogP contribution in [-0.4, -0.2) is 0 Å². The first kappa shape index (κ1) is 36.8. The highest BCUT2D eigenvalue weighted by Crippen LogP contribution is 2.46. The second-order valence-corrected chi connectivity index (χ2v) is 17.2. The van der Waals surface area contributed by atoms with Crippen LogP contribution in [0.2, 0.25) is 0 Å². The Kier molecular flexibility index (Phi) is 8.54. The fraction of sp³-hybridized carbons (Fsp3) is 0.123. The van der Waals surface area contributed by atoms with Crippen molar-refractivity contribution in [1.29, 1.82) is 0 Å². The molecular weight excluding hydrogens is 745 g/mol. The number of nitrogens with zero attached hydrogens (tertiary/aromatic N) is 2. The summed E-state index contributed by atoms with van der Waals surface area (Å²) in [5.74, 6) is 0.195. The summed E-state index contributed by atoms with van der Waals surface area (Å²) < 4.78 is 13.8. The van der Waals surface area contributed by atoms with Crippen LogP contribution in [-0.2, 0) is 0 Å². The summed E-state index contributed by atoms with van der Waals surface area (Å²) >= 11 is 0. The van der Waals surface area contributed by atoms with Crippen molar-refractivity contribution in [2.24, 2.45) is 0 Å². The third-order valence-corrected chi connectivity index (χ3v) is 12.2. The highest BCUT2D eigenvalue weighted by atomic mass is 16.3. The second-order valence-electron chi connectivity index (χ2n) is 17.2. The van der Waals surface area contributed by atoms with E-state index in [1.165, 1.54) is 33.2 Å². The van der Waals surface area contributed by atoms with Gasteiger partial charge in [-0.25, -0.2) is 0 Å². The Balaban J connectivity index is 1.05. The molecule has 0 atom stereocenters. The molecule has 296 valence electrons. The van der Waals surface area contributed by atoms with E-state index in [2.05, 4.69) is 215 Å². The molecule has 0 saturated carbocycles. The minimum atomic E-state index is 0.195. The Labute approximate surface area is 355 Å². The highest BCUT2D eigenvalue weighted by Gasteiger charge is 2.23. The Morgan fingerprint density at radius 2 is 0.787 bits per heavy atom. The molecular formula is C57H46N2O2. The average molecular weight is 791 g/mol. The zero-order chi connectivity index (χ0) is 41.5. The number of anilines is 6. The van der Waals surface area contributed by atoms with Crippen molar-refractivity contribution >= 4 is 99.5 Å². The highest BCUT2D eigenvalue weighted by molar-refractivity contribution is 6.20. The third kappa shape index (κ3) is 6.29. The van der Waals surface area contributed by atoms with Crippen molar-refractivity contribution in [2.75, 3.05) is 9.80 Å². The fourth-order valence-electron chi connectivity index (χ4n) is 9.45. The van der Waals surface area contributed by atoms with E-state index in [0.717, 1.165) is 94.2 Å². The molecule has 0 aliphatic carbocycles. The summed E-state index contributed by atoms with van der Waals surface area (Å²) in [4.78, 5) is 4.68. The molecule has 11 rings (SSSR count). The number of aryl methyl sites for hydroxylation is 4. The van der Waals surface area contributed by atoms with Gasteiger partial charge in [0.2, 0.25) is 0 Å². The normalized spacial score (nSPS) is 11.9. The van der Waals surface area contributed by atoms with Gasteiger partial charge in [-0.3, -0.25) is 0 Å². The molecule has 0 unspecified atom stereocenters. The number of rotatable bonds is 7. The SMILES string of the molecule is Cc1cccc(N(c2cccc(C)c2)c2ccc3cc4c(cc3c2)oc2c(C(C)C)c3c(cc24)oc2cc4cc(N(c5cccc(C)c5)c5cccc(C)c5)ccc4cc23)c1. The predicted octanol–water partition coefficient (Wildman–Crippen LogP) is 17.1. The number of fused-ring (bicyclic) bond motifs is 8. The van der Waals surface area contributed by atoms with Crippen LogP contribution in [0, 0.1) is 27.7 Å². The summed E-state index contributed by atoms with van der Waals surface area (Å²) in [5.41, 5.74) is 16.4. The second kappa shape index (κ2) is 14.2. The molecule has 0 fully saturated rings. The smallest absolute Gasteiger partial charge is 0.139 e. The molecule has 0 N–H and O–H groups in total. The van der Waals surface area contributed by atoms with Crippen LogP contribution in [0.25, 0.3) is 65.4 Å². The molecule has 2 aromatic heterocycles. The van der Waals surface area contributed by atoms with Crippen LogP contribution in [0.15, 0.2) is 173 Å². The van der Waals surface area contributed by atoms with Crippen molar-refractivity contribution < 1.29 is 8.83 Å². The standard InChI is InChI=1S/C57H46N2O2/c1-34(2)55-56-51-30-40-20-22-48(59(45-17-9-13-37(5)25-45)46-18-10-14-38(6)26-46)28-42(40)32-53(51)60-54(56)33-50-49-29-39-19-21-47(27-41(39)31-52(49)61-57(50)55)58(43-15-7-11-35(3)23-43)44-16-8-12-36(4)24-44/h7-34H,1-6H3. The van der Waals surface area contributed by atoms with E-state index in [1.807, 2.05) is 0 Å². The van der Waals surface area contributed by atoms with Gasteiger partial charge in [0, 0.05) is 61.2 Å². The van der Waals surface area contributed by atoms with Crippen molar-refractivity contribution in [3.05, 3.63) is 192 Å². The zero-order valence-corrected chi connectivity index (χ0v) is 35.4. The summed E-state index contributed by atoms with van der Waals surface area (Å²) in [6, 6.07) is 59.5. The summed E-state index contributed by atoms with van der Waals surface area (Å²) in [6.45, 7) is 13.1. The fourth-order valence-corrected chi connectivity index (χ4v) is 9.45. The molecule has 0 bridgehead atoms. The number of furan rings is 2. The van der Waals surface area contributed by atoms with Crippen LogP contribution in [0.1, 0.15) is 47.6 Å². The van der Waals surface area contributed by atoms with Gasteiger partial charge >= 0.3 is 0 Å². The maximum absolute atomic E-state index is 6.95. The van der Waals surface area contributed by atoms with Gasteiger partial charge < -0.3 is 18.6 Å². The number of benzene rings is 9. The van der Waals surface area contributed by atoms with Gasteiger partial charge in [-0.1, -0.05) is 74.5 Å². The first-order valence-electron chi connectivity index (χ1n) is 21.2. The van der Waals surface area contributed by atoms with E-state index in [4.69, 9.17) is 8.83 Å². The van der Waals surface area contributed by atoms with Crippen LogP contribution in [0.4, 0.5) is 34.1 Å². The zero-order valence-electron chi connectivity index (χ0n) is 35.4. The molecule has 0 saturated heterocycles. The van der Waals surface area contributed by atoms with E-state index < -0.39 is 0 Å².